The van der Waals surface area contributed by atoms with Crippen molar-refractivity contribution >= 4 is 12.0 Å². The summed E-state index contributed by atoms with van der Waals surface area (Å²) in [6.07, 6.45) is 6.85. The van der Waals surface area contributed by atoms with E-state index in [1.807, 2.05) is 20.8 Å². The Labute approximate surface area is 136 Å². The van der Waals surface area contributed by atoms with Crippen molar-refractivity contribution in [2.45, 2.75) is 51.7 Å². The van der Waals surface area contributed by atoms with Crippen LogP contribution in [-0.2, 0) is 4.74 Å². The van der Waals surface area contributed by atoms with Crippen LogP contribution in [0.1, 0.15) is 50.5 Å². The molecule has 7 nitrogen and oxygen atoms in total. The molecule has 2 amide bonds. The first-order chi connectivity index (χ1) is 10.9. The number of nitrogens with zero attached hydrogens (tertiary/aromatic N) is 3. The summed E-state index contributed by atoms with van der Waals surface area (Å²) in [7, 11) is 0. The number of aromatic nitrogens is 2. The topological polar surface area (TPSA) is 84.4 Å². The van der Waals surface area contributed by atoms with Gasteiger partial charge in [-0.2, -0.15) is 0 Å². The molecule has 1 aromatic heterocycles. The number of rotatable bonds is 6. The van der Waals surface area contributed by atoms with Crippen LogP contribution in [0, 0.1) is 0 Å². The minimum Gasteiger partial charge on any atom is -0.444 e. The zero-order chi connectivity index (χ0) is 16.9. The summed E-state index contributed by atoms with van der Waals surface area (Å²) in [4.78, 5) is 33.6. The summed E-state index contributed by atoms with van der Waals surface area (Å²) in [5.74, 6) is -0.256. The Morgan fingerprint density at radius 1 is 1.35 bits per heavy atom. The van der Waals surface area contributed by atoms with Crippen LogP contribution in [0.25, 0.3) is 0 Å². The predicted molar refractivity (Wildman–Crippen MR) is 84.9 cm³/mol. The Bertz CT molecular complexity index is 538. The number of hydrogen-bond donors (Lipinski definition) is 1. The van der Waals surface area contributed by atoms with Crippen molar-refractivity contribution in [1.29, 1.82) is 0 Å². The molecule has 1 saturated carbocycles. The minimum absolute atomic E-state index is 0.256. The Hall–Kier alpha value is -2.18. The molecule has 1 aromatic rings. The third-order valence-electron chi connectivity index (χ3n) is 3.27. The molecular formula is C16H24N4O3. The number of amides is 2. The first-order valence-electron chi connectivity index (χ1n) is 7.90. The summed E-state index contributed by atoms with van der Waals surface area (Å²) in [6.45, 7) is 6.62. The molecule has 7 heteroatoms. The monoisotopic (exact) mass is 320 g/mol. The van der Waals surface area contributed by atoms with Gasteiger partial charge < -0.3 is 15.0 Å². The van der Waals surface area contributed by atoms with E-state index in [9.17, 15) is 9.59 Å². The molecule has 0 radical (unpaired) electrons. The second-order valence-electron chi connectivity index (χ2n) is 6.61. The molecule has 0 aromatic carbocycles. The highest BCUT2D eigenvalue weighted by Gasteiger charge is 2.34. The van der Waals surface area contributed by atoms with Gasteiger partial charge in [-0.1, -0.05) is 0 Å². The van der Waals surface area contributed by atoms with Crippen LogP contribution in [-0.4, -0.2) is 51.6 Å². The van der Waals surface area contributed by atoms with Crippen LogP contribution in [0.2, 0.25) is 0 Å². The molecule has 0 unspecified atom stereocenters. The quantitative estimate of drug-likeness (QED) is 0.810. The maximum atomic E-state index is 12.2. The summed E-state index contributed by atoms with van der Waals surface area (Å²) >= 11 is 0. The van der Waals surface area contributed by atoms with Crippen LogP contribution < -0.4 is 5.32 Å². The molecule has 0 saturated heterocycles. The molecule has 23 heavy (non-hydrogen) atoms. The van der Waals surface area contributed by atoms with E-state index in [1.54, 1.807) is 4.90 Å². The number of hydrogen-bond acceptors (Lipinski definition) is 5. The van der Waals surface area contributed by atoms with Crippen LogP contribution in [0.4, 0.5) is 4.79 Å². The SMILES string of the molecule is CC(C)(C)OC(=O)N(CCCNC(=O)c1cnccn1)C1CC1. The fourth-order valence-electron chi connectivity index (χ4n) is 2.09. The number of nitrogens with one attached hydrogen (secondary N) is 1. The van der Waals surface area contributed by atoms with Gasteiger partial charge in [-0.3, -0.25) is 9.78 Å². The second kappa shape index (κ2) is 7.39. The predicted octanol–water partition coefficient (Wildman–Crippen LogP) is 2.00. The fraction of sp³-hybridized carbons (Fsp3) is 0.625. The van der Waals surface area contributed by atoms with Crippen LogP contribution in [0.15, 0.2) is 18.6 Å². The van der Waals surface area contributed by atoms with Crippen molar-refractivity contribution in [3.8, 4) is 0 Å². The Kier molecular flexibility index (Phi) is 5.52. The smallest absolute Gasteiger partial charge is 0.410 e. The van der Waals surface area contributed by atoms with E-state index in [0.29, 0.717) is 25.2 Å². The van der Waals surface area contributed by atoms with Gasteiger partial charge in [-0.15, -0.1) is 0 Å². The van der Waals surface area contributed by atoms with Crippen molar-refractivity contribution < 1.29 is 14.3 Å². The fourth-order valence-corrected chi connectivity index (χ4v) is 2.09. The summed E-state index contributed by atoms with van der Waals surface area (Å²) in [5, 5.41) is 2.78. The average Bonchev–Trinajstić information content (AvgIpc) is 3.30. The first kappa shape index (κ1) is 17.2. The molecule has 0 bridgehead atoms. The Morgan fingerprint density at radius 2 is 2.09 bits per heavy atom. The Morgan fingerprint density at radius 3 is 2.65 bits per heavy atom. The van der Waals surface area contributed by atoms with Gasteiger partial charge in [0, 0.05) is 31.5 Å². The highest BCUT2D eigenvalue weighted by Crippen LogP contribution is 2.28. The van der Waals surface area contributed by atoms with Crippen LogP contribution in [0.5, 0.6) is 0 Å². The van der Waals surface area contributed by atoms with Gasteiger partial charge in [0.15, 0.2) is 0 Å². The van der Waals surface area contributed by atoms with Gasteiger partial charge in [0.1, 0.15) is 11.3 Å². The van der Waals surface area contributed by atoms with Gasteiger partial charge in [0.2, 0.25) is 0 Å². The normalized spacial score (nSPS) is 14.2. The van der Waals surface area contributed by atoms with Crippen LogP contribution in [0.3, 0.4) is 0 Å². The molecule has 2 rings (SSSR count). The zero-order valence-electron chi connectivity index (χ0n) is 13.9. The molecule has 1 aliphatic rings. The lowest BCUT2D eigenvalue weighted by Gasteiger charge is -2.27. The van der Waals surface area contributed by atoms with Crippen LogP contribution >= 0.6 is 0 Å². The molecule has 126 valence electrons. The number of ether oxygens (including phenoxy) is 1. The van der Waals surface area contributed by atoms with E-state index in [1.165, 1.54) is 18.6 Å². The molecule has 1 N–H and O–H groups in total. The second-order valence-corrected chi connectivity index (χ2v) is 6.61. The van der Waals surface area contributed by atoms with E-state index in [4.69, 9.17) is 4.74 Å². The average molecular weight is 320 g/mol. The van der Waals surface area contributed by atoms with E-state index >= 15 is 0 Å². The molecule has 1 aliphatic carbocycles. The third-order valence-corrected chi connectivity index (χ3v) is 3.27. The number of carbonyl (C=O) groups excluding carboxylic acids is 2. The van der Waals surface area contributed by atoms with E-state index in [-0.39, 0.29) is 18.0 Å². The maximum Gasteiger partial charge on any atom is 0.410 e. The van der Waals surface area contributed by atoms with E-state index < -0.39 is 5.60 Å². The first-order valence-corrected chi connectivity index (χ1v) is 7.90. The lowest BCUT2D eigenvalue weighted by molar-refractivity contribution is 0.0232. The van der Waals surface area contributed by atoms with Gasteiger partial charge >= 0.3 is 6.09 Å². The lowest BCUT2D eigenvalue weighted by Crippen LogP contribution is -2.40. The van der Waals surface area contributed by atoms with E-state index in [0.717, 1.165) is 12.8 Å². The van der Waals surface area contributed by atoms with Gasteiger partial charge in [0.05, 0.1) is 6.20 Å². The third kappa shape index (κ3) is 5.84. The molecule has 0 aliphatic heterocycles. The van der Waals surface area contributed by atoms with Crippen molar-refractivity contribution in [2.75, 3.05) is 13.1 Å². The summed E-state index contributed by atoms with van der Waals surface area (Å²) in [5.41, 5.74) is -0.205. The molecule has 0 spiro atoms. The lowest BCUT2D eigenvalue weighted by atomic mass is 10.2. The summed E-state index contributed by atoms with van der Waals surface area (Å²) in [6, 6.07) is 0.278. The van der Waals surface area contributed by atoms with Crippen molar-refractivity contribution in [1.82, 2.24) is 20.2 Å². The van der Waals surface area contributed by atoms with Crippen molar-refractivity contribution in [2.24, 2.45) is 0 Å². The standard InChI is InChI=1S/C16H24N4O3/c1-16(2,3)23-15(22)20(12-5-6-12)10-4-7-19-14(21)13-11-17-8-9-18-13/h8-9,11-12H,4-7,10H2,1-3H3,(H,19,21). The maximum absolute atomic E-state index is 12.2. The number of carbonyl (C=O) groups is 2. The molecule has 1 fully saturated rings. The summed E-state index contributed by atoms with van der Waals surface area (Å²) < 4.78 is 5.43. The van der Waals surface area contributed by atoms with Gasteiger partial charge in [-0.25, -0.2) is 9.78 Å². The van der Waals surface area contributed by atoms with Crippen molar-refractivity contribution in [3.63, 3.8) is 0 Å². The molecular weight excluding hydrogens is 296 g/mol. The highest BCUT2D eigenvalue weighted by molar-refractivity contribution is 5.91. The van der Waals surface area contributed by atoms with Gasteiger partial charge in [-0.05, 0) is 40.0 Å². The molecule has 1 heterocycles. The minimum atomic E-state index is -0.496. The largest absolute Gasteiger partial charge is 0.444 e. The van der Waals surface area contributed by atoms with Crippen molar-refractivity contribution in [3.05, 3.63) is 24.3 Å². The van der Waals surface area contributed by atoms with E-state index in [2.05, 4.69) is 15.3 Å². The van der Waals surface area contributed by atoms with Gasteiger partial charge in [0.25, 0.3) is 5.91 Å². The highest BCUT2D eigenvalue weighted by atomic mass is 16.6. The molecule has 0 atom stereocenters. The zero-order valence-corrected chi connectivity index (χ0v) is 13.9. The Balaban J connectivity index is 1.75.